The summed E-state index contributed by atoms with van der Waals surface area (Å²) >= 11 is -1.61. The number of hydrogen-bond donors (Lipinski definition) is 0. The molecule has 0 amide bonds. The number of hydrogen-bond acceptors (Lipinski definition) is 0. The van der Waals surface area contributed by atoms with Gasteiger partial charge in [-0.2, -0.15) is 0 Å². The molecule has 0 aliphatic rings. The molecule has 0 atom stereocenters. The Hall–Kier alpha value is -0.370. The molecular weight excluding hydrogens is 257 g/mol. The molecule has 0 bridgehead atoms. The van der Waals surface area contributed by atoms with E-state index in [1.807, 2.05) is 0 Å². The van der Waals surface area contributed by atoms with Crippen molar-refractivity contribution in [2.75, 3.05) is 0 Å². The molecular formula is C13H20GeSi. The molecule has 80 valence electrons. The van der Waals surface area contributed by atoms with Gasteiger partial charge in [0.1, 0.15) is 0 Å². The molecule has 0 fully saturated rings. The molecule has 0 saturated heterocycles. The van der Waals surface area contributed by atoms with Crippen molar-refractivity contribution in [1.82, 2.24) is 0 Å². The average Bonchev–Trinajstić information content (AvgIpc) is 2.14. The van der Waals surface area contributed by atoms with Crippen LogP contribution in [0, 0.1) is 0 Å². The zero-order valence-electron chi connectivity index (χ0n) is 10.4. The Morgan fingerprint density at radius 2 is 1.60 bits per heavy atom. The van der Waals surface area contributed by atoms with E-state index in [-0.39, 0.29) is 8.41 Å². The number of benzene rings is 1. The quantitative estimate of drug-likeness (QED) is 0.729. The van der Waals surface area contributed by atoms with Gasteiger partial charge < -0.3 is 0 Å². The van der Waals surface area contributed by atoms with Crippen molar-refractivity contribution in [3.8, 4) is 0 Å². The molecule has 0 aliphatic carbocycles. The van der Waals surface area contributed by atoms with Crippen LogP contribution in [0.4, 0.5) is 0 Å². The molecule has 0 aromatic heterocycles. The molecule has 0 spiro atoms. The molecule has 0 radical (unpaired) electrons. The van der Waals surface area contributed by atoms with Crippen molar-refractivity contribution in [3.63, 3.8) is 0 Å². The molecule has 2 heteroatoms. The van der Waals surface area contributed by atoms with Crippen LogP contribution in [-0.4, -0.2) is 27.0 Å². The van der Waals surface area contributed by atoms with Crippen LogP contribution in [0.25, 0.3) is 6.08 Å². The summed E-state index contributed by atoms with van der Waals surface area (Å²) in [4.78, 5) is 0. The van der Waals surface area contributed by atoms with E-state index >= 15 is 0 Å². The van der Waals surface area contributed by atoms with E-state index < -0.39 is 13.3 Å². The van der Waals surface area contributed by atoms with Gasteiger partial charge in [-0.15, -0.1) is 0 Å². The Labute approximate surface area is 97.6 Å². The van der Waals surface area contributed by atoms with Crippen LogP contribution in [0.5, 0.6) is 0 Å². The minimum atomic E-state index is -1.61. The SMILES string of the molecule is C[Si](C)=C=Cc1cc[c]([Ge]([CH3])([CH3])[CH3])cc1. The topological polar surface area (TPSA) is 0 Å². The van der Waals surface area contributed by atoms with Crippen LogP contribution in [0.1, 0.15) is 5.56 Å². The predicted octanol–water partition coefficient (Wildman–Crippen LogP) is 2.98. The van der Waals surface area contributed by atoms with Gasteiger partial charge in [0.05, 0.1) is 0 Å². The minimum absolute atomic E-state index is 0.364. The molecule has 0 aliphatic heterocycles. The first-order valence-electron chi connectivity index (χ1n) is 5.40. The standard InChI is InChI=1S/C13H20GeSi/c1-14(2,3)13-8-6-12(7-9-13)10-11-15(4)5/h6-10H,1-5H3. The zero-order chi connectivity index (χ0) is 11.5. The molecule has 0 heterocycles. The van der Waals surface area contributed by atoms with E-state index in [1.54, 1.807) is 4.40 Å². The second-order valence-electron chi connectivity index (χ2n) is 5.16. The zero-order valence-corrected chi connectivity index (χ0v) is 13.5. The van der Waals surface area contributed by atoms with Crippen LogP contribution < -0.4 is 4.40 Å². The fraction of sp³-hybridized carbons (Fsp3) is 0.385. The fourth-order valence-electron chi connectivity index (χ4n) is 1.31. The van der Waals surface area contributed by atoms with Gasteiger partial charge in [0, 0.05) is 0 Å². The normalized spacial score (nSPS) is 10.7. The second-order valence-corrected chi connectivity index (χ2v) is 18.1. The molecule has 1 aromatic carbocycles. The van der Waals surface area contributed by atoms with E-state index in [9.17, 15) is 0 Å². The third-order valence-electron chi connectivity index (χ3n) is 2.30. The molecule has 1 aromatic rings. The molecule has 15 heavy (non-hydrogen) atoms. The van der Waals surface area contributed by atoms with Crippen LogP contribution in [0.2, 0.25) is 30.4 Å². The average molecular weight is 277 g/mol. The molecule has 1 rings (SSSR count). The third-order valence-corrected chi connectivity index (χ3v) is 7.36. The van der Waals surface area contributed by atoms with Gasteiger partial charge in [-0.25, -0.2) is 0 Å². The summed E-state index contributed by atoms with van der Waals surface area (Å²) in [6.07, 6.45) is 2.13. The molecule has 0 unspecified atom stereocenters. The maximum absolute atomic E-state index is 3.41. The summed E-state index contributed by atoms with van der Waals surface area (Å²) in [7, 11) is -0.364. The van der Waals surface area contributed by atoms with Crippen LogP contribution in [0.3, 0.4) is 0 Å². The molecule has 0 nitrogen and oxygen atoms in total. The van der Waals surface area contributed by atoms with E-state index in [4.69, 9.17) is 0 Å². The monoisotopic (exact) mass is 278 g/mol. The first-order chi connectivity index (χ1) is 6.89. The Morgan fingerprint density at radius 3 is 2.00 bits per heavy atom. The first-order valence-corrected chi connectivity index (χ1v) is 15.2. The Kier molecular flexibility index (Phi) is 4.32. The van der Waals surface area contributed by atoms with Gasteiger partial charge in [-0.1, -0.05) is 0 Å². The summed E-state index contributed by atoms with van der Waals surface area (Å²) < 4.78 is 1.57. The molecule has 0 N–H and O–H groups in total. The van der Waals surface area contributed by atoms with Gasteiger partial charge in [0.15, 0.2) is 0 Å². The van der Waals surface area contributed by atoms with Crippen LogP contribution in [0.15, 0.2) is 24.3 Å². The number of rotatable bonds is 2. The first kappa shape index (κ1) is 12.7. The third kappa shape index (κ3) is 4.33. The van der Waals surface area contributed by atoms with Gasteiger partial charge in [0.2, 0.25) is 0 Å². The maximum atomic E-state index is 3.41. The summed E-state index contributed by atoms with van der Waals surface area (Å²) in [5.41, 5.74) is 1.29. The fourth-order valence-corrected chi connectivity index (χ4v) is 4.21. The van der Waals surface area contributed by atoms with Crippen LogP contribution in [-0.2, 0) is 0 Å². The Balaban J connectivity index is 2.96. The van der Waals surface area contributed by atoms with Gasteiger partial charge >= 0.3 is 97.7 Å². The van der Waals surface area contributed by atoms with E-state index in [2.05, 4.69) is 66.0 Å². The van der Waals surface area contributed by atoms with Crippen molar-refractivity contribution in [2.24, 2.45) is 0 Å². The van der Waals surface area contributed by atoms with Gasteiger partial charge in [-0.3, -0.25) is 0 Å². The van der Waals surface area contributed by atoms with Crippen molar-refractivity contribution >= 4 is 37.5 Å². The Bertz CT molecular complexity index is 386. The Morgan fingerprint density at radius 1 is 1.07 bits per heavy atom. The summed E-state index contributed by atoms with van der Waals surface area (Å²) in [6, 6.07) is 9.05. The van der Waals surface area contributed by atoms with Crippen molar-refractivity contribution in [1.29, 1.82) is 0 Å². The molecule has 0 saturated carbocycles. The van der Waals surface area contributed by atoms with Gasteiger partial charge in [-0.05, 0) is 0 Å². The second kappa shape index (κ2) is 5.11. The van der Waals surface area contributed by atoms with Crippen LogP contribution >= 0.6 is 0 Å². The van der Waals surface area contributed by atoms with E-state index in [0.29, 0.717) is 0 Å². The summed E-state index contributed by atoms with van der Waals surface area (Å²) in [6.45, 7) is 4.50. The van der Waals surface area contributed by atoms with Crippen molar-refractivity contribution in [2.45, 2.75) is 30.4 Å². The summed E-state index contributed by atoms with van der Waals surface area (Å²) in [5.74, 6) is 7.28. The van der Waals surface area contributed by atoms with E-state index in [0.717, 1.165) is 0 Å². The van der Waals surface area contributed by atoms with Crippen molar-refractivity contribution < 1.29 is 0 Å². The predicted molar refractivity (Wildman–Crippen MR) is 76.4 cm³/mol. The van der Waals surface area contributed by atoms with Gasteiger partial charge in [0.25, 0.3) is 0 Å². The van der Waals surface area contributed by atoms with E-state index in [1.165, 1.54) is 5.56 Å². The summed E-state index contributed by atoms with van der Waals surface area (Å²) in [5, 5.41) is 3.41. The van der Waals surface area contributed by atoms with Crippen molar-refractivity contribution in [3.05, 3.63) is 29.8 Å².